The second-order valence-electron chi connectivity index (χ2n) is 2.92. The van der Waals surface area contributed by atoms with E-state index < -0.39 is 0 Å². The van der Waals surface area contributed by atoms with Crippen molar-refractivity contribution >= 4 is 28.3 Å². The fraction of sp³-hybridized carbons (Fsp3) is 0.111. The number of rotatable bonds is 1. The molecule has 72 valence electrons. The van der Waals surface area contributed by atoms with Crippen LogP contribution >= 0.6 is 23.1 Å². The van der Waals surface area contributed by atoms with Crippen molar-refractivity contribution in [3.05, 3.63) is 28.8 Å². The summed E-state index contributed by atoms with van der Waals surface area (Å²) in [5.41, 5.74) is 7.54. The number of hydrogen-bond acceptors (Lipinski definition) is 4. The molecule has 0 unspecified atom stereocenters. The molecule has 0 radical (unpaired) electrons. The monoisotopic (exact) mass is 225 g/mol. The molecule has 0 atom stereocenters. The highest BCUT2D eigenvalue weighted by Gasteiger charge is 2.07. The fourth-order valence-electron chi connectivity index (χ4n) is 1.22. The molecule has 0 amide bonds. The molecule has 0 saturated carbocycles. The van der Waals surface area contributed by atoms with E-state index in [1.807, 2.05) is 25.1 Å². The van der Waals surface area contributed by atoms with Gasteiger partial charge in [-0.25, -0.2) is 0 Å². The summed E-state index contributed by atoms with van der Waals surface area (Å²) in [5.74, 6) is 0.668. The van der Waals surface area contributed by atoms with Crippen LogP contribution in [0.2, 0.25) is 5.02 Å². The minimum Gasteiger partial charge on any atom is -0.374 e. The average molecular weight is 226 g/mol. The van der Waals surface area contributed by atoms with Crippen molar-refractivity contribution in [1.82, 2.24) is 9.36 Å². The maximum atomic E-state index is 5.85. The minimum atomic E-state index is 0.481. The summed E-state index contributed by atoms with van der Waals surface area (Å²) in [7, 11) is 0. The number of benzene rings is 1. The highest BCUT2D eigenvalue weighted by molar-refractivity contribution is 7.09. The number of aryl methyl sites for hydroxylation is 1. The predicted molar refractivity (Wildman–Crippen MR) is 59.5 cm³/mol. The fourth-order valence-corrected chi connectivity index (χ4v) is 1.90. The summed E-state index contributed by atoms with van der Waals surface area (Å²) >= 11 is 7.04. The molecule has 14 heavy (non-hydrogen) atoms. The van der Waals surface area contributed by atoms with Gasteiger partial charge in [0.2, 0.25) is 0 Å². The number of aromatic nitrogens is 2. The molecule has 0 aliphatic carbocycles. The van der Waals surface area contributed by atoms with Crippen molar-refractivity contribution in [2.45, 2.75) is 6.92 Å². The van der Waals surface area contributed by atoms with Gasteiger partial charge in [0.05, 0.1) is 0 Å². The van der Waals surface area contributed by atoms with Gasteiger partial charge in [-0.2, -0.15) is 9.36 Å². The zero-order chi connectivity index (χ0) is 10.1. The van der Waals surface area contributed by atoms with Crippen LogP contribution in [0.15, 0.2) is 18.2 Å². The molecule has 0 spiro atoms. The lowest BCUT2D eigenvalue weighted by molar-refractivity contribution is 1.30. The van der Waals surface area contributed by atoms with Crippen LogP contribution in [-0.4, -0.2) is 9.36 Å². The van der Waals surface area contributed by atoms with Crippen LogP contribution in [0.5, 0.6) is 0 Å². The van der Waals surface area contributed by atoms with E-state index in [0.717, 1.165) is 16.1 Å². The second kappa shape index (κ2) is 3.55. The predicted octanol–water partition coefficient (Wildman–Crippen LogP) is 2.75. The van der Waals surface area contributed by atoms with Gasteiger partial charge in [0.15, 0.2) is 11.0 Å². The zero-order valence-electron chi connectivity index (χ0n) is 7.49. The van der Waals surface area contributed by atoms with Crippen molar-refractivity contribution in [3.63, 3.8) is 0 Å². The molecule has 0 bridgehead atoms. The third kappa shape index (κ3) is 1.71. The Labute approximate surface area is 90.7 Å². The SMILES string of the molecule is Cc1cc(Cl)ccc1-c1nsc(N)n1. The molecule has 0 aliphatic rings. The summed E-state index contributed by atoms with van der Waals surface area (Å²) in [6.07, 6.45) is 0. The average Bonchev–Trinajstić information content (AvgIpc) is 2.51. The highest BCUT2D eigenvalue weighted by Crippen LogP contribution is 2.25. The Morgan fingerprint density at radius 1 is 1.43 bits per heavy atom. The van der Waals surface area contributed by atoms with Crippen molar-refractivity contribution < 1.29 is 0 Å². The van der Waals surface area contributed by atoms with Gasteiger partial charge in [0.25, 0.3) is 0 Å². The van der Waals surface area contributed by atoms with E-state index in [9.17, 15) is 0 Å². The first kappa shape index (κ1) is 9.43. The molecule has 3 nitrogen and oxygen atoms in total. The minimum absolute atomic E-state index is 0.481. The Morgan fingerprint density at radius 3 is 2.79 bits per heavy atom. The van der Waals surface area contributed by atoms with E-state index in [1.54, 1.807) is 0 Å². The van der Waals surface area contributed by atoms with Crippen molar-refractivity contribution in [3.8, 4) is 11.4 Å². The molecule has 5 heteroatoms. The van der Waals surface area contributed by atoms with Gasteiger partial charge in [-0.1, -0.05) is 11.6 Å². The normalized spacial score (nSPS) is 10.4. The van der Waals surface area contributed by atoms with E-state index in [0.29, 0.717) is 11.0 Å². The highest BCUT2D eigenvalue weighted by atomic mass is 35.5. The topological polar surface area (TPSA) is 51.8 Å². The maximum absolute atomic E-state index is 5.85. The van der Waals surface area contributed by atoms with E-state index in [-0.39, 0.29) is 0 Å². The Balaban J connectivity index is 2.52. The van der Waals surface area contributed by atoms with Crippen LogP contribution in [0, 0.1) is 6.92 Å². The number of anilines is 1. The molecule has 1 heterocycles. The van der Waals surface area contributed by atoms with Crippen LogP contribution in [0.3, 0.4) is 0 Å². The summed E-state index contributed by atoms with van der Waals surface area (Å²) in [4.78, 5) is 4.11. The maximum Gasteiger partial charge on any atom is 0.200 e. The van der Waals surface area contributed by atoms with Gasteiger partial charge < -0.3 is 5.73 Å². The largest absolute Gasteiger partial charge is 0.374 e. The number of hydrogen-bond donors (Lipinski definition) is 1. The first-order valence-corrected chi connectivity index (χ1v) is 5.17. The third-order valence-corrected chi connectivity index (χ3v) is 2.65. The molecular weight excluding hydrogens is 218 g/mol. The van der Waals surface area contributed by atoms with Gasteiger partial charge in [0.1, 0.15) is 0 Å². The smallest absolute Gasteiger partial charge is 0.200 e. The molecule has 0 fully saturated rings. The lowest BCUT2D eigenvalue weighted by Gasteiger charge is -2.00. The number of nitrogens with zero attached hydrogens (tertiary/aromatic N) is 2. The Bertz CT molecular complexity index is 467. The quantitative estimate of drug-likeness (QED) is 0.812. The second-order valence-corrected chi connectivity index (χ2v) is 4.14. The van der Waals surface area contributed by atoms with Crippen LogP contribution in [0.4, 0.5) is 5.13 Å². The molecule has 2 N–H and O–H groups in total. The Hall–Kier alpha value is -1.13. The standard InChI is InChI=1S/C9H8ClN3S/c1-5-4-6(10)2-3-7(5)8-12-9(11)14-13-8/h2-4H,1H3,(H2,11,12,13). The van der Waals surface area contributed by atoms with Crippen molar-refractivity contribution in [2.75, 3.05) is 5.73 Å². The van der Waals surface area contributed by atoms with Crippen LogP contribution in [0.25, 0.3) is 11.4 Å². The Kier molecular flexibility index (Phi) is 2.39. The van der Waals surface area contributed by atoms with Gasteiger partial charge in [-0.15, -0.1) is 0 Å². The van der Waals surface area contributed by atoms with E-state index in [4.69, 9.17) is 17.3 Å². The molecule has 0 aliphatic heterocycles. The van der Waals surface area contributed by atoms with Crippen molar-refractivity contribution in [2.24, 2.45) is 0 Å². The van der Waals surface area contributed by atoms with Gasteiger partial charge in [-0.3, -0.25) is 0 Å². The van der Waals surface area contributed by atoms with E-state index >= 15 is 0 Å². The van der Waals surface area contributed by atoms with Gasteiger partial charge in [-0.05, 0) is 30.7 Å². The van der Waals surface area contributed by atoms with E-state index in [1.165, 1.54) is 11.5 Å². The Morgan fingerprint density at radius 2 is 2.21 bits per heavy atom. The summed E-state index contributed by atoms with van der Waals surface area (Å²) in [6, 6.07) is 5.61. The first-order chi connectivity index (χ1) is 6.66. The zero-order valence-corrected chi connectivity index (χ0v) is 9.06. The summed E-state index contributed by atoms with van der Waals surface area (Å²) in [5, 5.41) is 1.20. The van der Waals surface area contributed by atoms with Crippen molar-refractivity contribution in [1.29, 1.82) is 0 Å². The lowest BCUT2D eigenvalue weighted by Crippen LogP contribution is -1.86. The van der Waals surface area contributed by atoms with Crippen LogP contribution in [-0.2, 0) is 0 Å². The summed E-state index contributed by atoms with van der Waals surface area (Å²) in [6.45, 7) is 1.97. The molecular formula is C9H8ClN3S. The third-order valence-electron chi connectivity index (χ3n) is 1.87. The van der Waals surface area contributed by atoms with E-state index in [2.05, 4.69) is 9.36 Å². The molecule has 1 aromatic carbocycles. The first-order valence-electron chi connectivity index (χ1n) is 4.02. The van der Waals surface area contributed by atoms with Crippen LogP contribution in [0.1, 0.15) is 5.56 Å². The molecule has 2 aromatic rings. The van der Waals surface area contributed by atoms with Gasteiger partial charge in [0, 0.05) is 22.1 Å². The van der Waals surface area contributed by atoms with Gasteiger partial charge >= 0.3 is 0 Å². The lowest BCUT2D eigenvalue weighted by atomic mass is 10.1. The molecule has 0 saturated heterocycles. The number of halogens is 1. The van der Waals surface area contributed by atoms with Crippen LogP contribution < -0.4 is 5.73 Å². The summed E-state index contributed by atoms with van der Waals surface area (Å²) < 4.78 is 4.14. The molecule has 1 aromatic heterocycles. The number of nitrogens with two attached hydrogens (primary N) is 1. The molecule has 2 rings (SSSR count). The number of nitrogen functional groups attached to an aromatic ring is 1.